The van der Waals surface area contributed by atoms with Gasteiger partial charge in [-0.3, -0.25) is 4.79 Å². The van der Waals surface area contributed by atoms with Crippen molar-refractivity contribution in [2.24, 2.45) is 0 Å². The number of aryl methyl sites for hydroxylation is 1. The van der Waals surface area contributed by atoms with E-state index in [-0.39, 0.29) is 5.91 Å². The predicted octanol–water partition coefficient (Wildman–Crippen LogP) is 1.30. The summed E-state index contributed by atoms with van der Waals surface area (Å²) in [7, 11) is 0. The maximum absolute atomic E-state index is 11.4. The Kier molecular flexibility index (Phi) is 1.27. The third-order valence-electron chi connectivity index (χ3n) is 2.53. The van der Waals surface area contributed by atoms with Gasteiger partial charge in [0.15, 0.2) is 0 Å². The van der Waals surface area contributed by atoms with Gasteiger partial charge < -0.3 is 9.88 Å². The first-order chi connectivity index (χ1) is 6.75. The van der Waals surface area contributed by atoms with E-state index in [1.165, 1.54) is 0 Å². The summed E-state index contributed by atoms with van der Waals surface area (Å²) < 4.78 is 1.95. The van der Waals surface area contributed by atoms with Crippen LogP contribution in [0.3, 0.4) is 0 Å². The molecule has 1 aromatic carbocycles. The average Bonchev–Trinajstić information content (AvgIpc) is 2.45. The summed E-state index contributed by atoms with van der Waals surface area (Å²) in [5.41, 5.74) is 2.84. The van der Waals surface area contributed by atoms with Crippen LogP contribution in [0.4, 0.5) is 5.69 Å². The molecule has 3 rings (SSSR count). The molecule has 4 nitrogen and oxygen atoms in total. The number of carbonyl (C=O) groups excluding carboxylic acids is 1. The molecule has 4 heteroatoms. The highest BCUT2D eigenvalue weighted by Gasteiger charge is 2.19. The molecule has 14 heavy (non-hydrogen) atoms. The summed E-state index contributed by atoms with van der Waals surface area (Å²) in [6, 6.07) is 5.76. The normalized spacial score (nSPS) is 14.5. The van der Waals surface area contributed by atoms with Crippen molar-refractivity contribution >= 4 is 22.6 Å². The number of benzene rings is 1. The second-order valence-electron chi connectivity index (χ2n) is 3.47. The lowest BCUT2D eigenvalue weighted by molar-refractivity contribution is -0.116. The molecule has 70 valence electrons. The number of para-hydroxylation sites is 1. The lowest BCUT2D eigenvalue weighted by Gasteiger charge is -2.16. The molecule has 0 unspecified atom stereocenters. The van der Waals surface area contributed by atoms with Gasteiger partial charge >= 0.3 is 0 Å². The maximum atomic E-state index is 11.4. The lowest BCUT2D eigenvalue weighted by Crippen LogP contribution is -2.24. The monoisotopic (exact) mass is 187 g/mol. The Morgan fingerprint density at radius 1 is 1.50 bits per heavy atom. The Hall–Kier alpha value is -1.84. The zero-order chi connectivity index (χ0) is 9.71. The molecule has 1 N–H and O–H groups in total. The molecule has 0 spiro atoms. The van der Waals surface area contributed by atoms with Crippen molar-refractivity contribution in [3.05, 3.63) is 24.0 Å². The van der Waals surface area contributed by atoms with E-state index >= 15 is 0 Å². The van der Waals surface area contributed by atoms with E-state index in [0.29, 0.717) is 6.54 Å². The van der Waals surface area contributed by atoms with Crippen LogP contribution in [0, 0.1) is 6.92 Å². The van der Waals surface area contributed by atoms with E-state index in [4.69, 9.17) is 0 Å². The van der Waals surface area contributed by atoms with Crippen molar-refractivity contribution in [3.8, 4) is 0 Å². The summed E-state index contributed by atoms with van der Waals surface area (Å²) in [6.07, 6.45) is 0. The highest BCUT2D eigenvalue weighted by atomic mass is 16.2. The lowest BCUT2D eigenvalue weighted by atomic mass is 10.2. The molecular weight excluding hydrogens is 178 g/mol. The van der Waals surface area contributed by atoms with Crippen LogP contribution in [0.5, 0.6) is 0 Å². The predicted molar refractivity (Wildman–Crippen MR) is 53.1 cm³/mol. The first kappa shape index (κ1) is 7.55. The first-order valence-electron chi connectivity index (χ1n) is 4.51. The van der Waals surface area contributed by atoms with Crippen molar-refractivity contribution < 1.29 is 4.79 Å². The van der Waals surface area contributed by atoms with Crippen LogP contribution in [-0.4, -0.2) is 15.5 Å². The van der Waals surface area contributed by atoms with Gasteiger partial charge in [0.25, 0.3) is 0 Å². The van der Waals surface area contributed by atoms with Crippen molar-refractivity contribution in [3.63, 3.8) is 0 Å². The van der Waals surface area contributed by atoms with Gasteiger partial charge in [-0.1, -0.05) is 6.07 Å². The molecule has 0 saturated carbocycles. The van der Waals surface area contributed by atoms with Crippen molar-refractivity contribution in [1.82, 2.24) is 9.55 Å². The van der Waals surface area contributed by atoms with Gasteiger partial charge in [0, 0.05) is 0 Å². The average molecular weight is 187 g/mol. The van der Waals surface area contributed by atoms with E-state index in [1.54, 1.807) is 0 Å². The summed E-state index contributed by atoms with van der Waals surface area (Å²) in [5.74, 6) is 0.911. The highest BCUT2D eigenvalue weighted by Crippen LogP contribution is 2.27. The van der Waals surface area contributed by atoms with Crippen molar-refractivity contribution in [1.29, 1.82) is 0 Å². The van der Waals surface area contributed by atoms with Crippen LogP contribution in [0.25, 0.3) is 11.0 Å². The Morgan fingerprint density at radius 2 is 2.36 bits per heavy atom. The zero-order valence-electron chi connectivity index (χ0n) is 7.74. The van der Waals surface area contributed by atoms with E-state index < -0.39 is 0 Å². The molecule has 2 aromatic rings. The van der Waals surface area contributed by atoms with Crippen LogP contribution >= 0.6 is 0 Å². The third-order valence-corrected chi connectivity index (χ3v) is 2.53. The molecule has 0 fully saturated rings. The van der Waals surface area contributed by atoms with Gasteiger partial charge in [-0.05, 0) is 19.1 Å². The van der Waals surface area contributed by atoms with Crippen LogP contribution in [0.2, 0.25) is 0 Å². The Morgan fingerprint density at radius 3 is 3.21 bits per heavy atom. The van der Waals surface area contributed by atoms with Crippen molar-refractivity contribution in [2.45, 2.75) is 13.5 Å². The first-order valence-corrected chi connectivity index (χ1v) is 4.51. The van der Waals surface area contributed by atoms with Gasteiger partial charge in [-0.15, -0.1) is 0 Å². The Balaban J connectivity index is 2.47. The fraction of sp³-hybridized carbons (Fsp3) is 0.200. The van der Waals surface area contributed by atoms with Gasteiger partial charge in [0.1, 0.15) is 12.4 Å². The fourth-order valence-corrected chi connectivity index (χ4v) is 1.93. The van der Waals surface area contributed by atoms with E-state index in [2.05, 4.69) is 10.3 Å². The molecular formula is C10H9N3O. The number of carbonyl (C=O) groups is 1. The molecule has 0 bridgehead atoms. The maximum Gasteiger partial charge on any atom is 0.244 e. The Bertz CT molecular complexity index is 542. The van der Waals surface area contributed by atoms with Crippen LogP contribution in [-0.2, 0) is 11.3 Å². The second kappa shape index (κ2) is 2.35. The van der Waals surface area contributed by atoms with Crippen molar-refractivity contribution in [2.75, 3.05) is 5.32 Å². The number of anilines is 1. The number of nitrogens with zero attached hydrogens (tertiary/aromatic N) is 2. The molecule has 0 aliphatic carbocycles. The fourth-order valence-electron chi connectivity index (χ4n) is 1.93. The molecule has 0 atom stereocenters. The quantitative estimate of drug-likeness (QED) is 0.675. The van der Waals surface area contributed by atoms with E-state index in [1.807, 2.05) is 29.7 Å². The summed E-state index contributed by atoms with van der Waals surface area (Å²) in [4.78, 5) is 15.7. The number of aromatic nitrogens is 2. The summed E-state index contributed by atoms with van der Waals surface area (Å²) in [5, 5.41) is 2.84. The number of nitrogens with one attached hydrogen (secondary N) is 1. The minimum atomic E-state index is 0.0195. The molecule has 1 amide bonds. The molecule has 1 aliphatic rings. The smallest absolute Gasteiger partial charge is 0.244 e. The zero-order valence-corrected chi connectivity index (χ0v) is 7.74. The summed E-state index contributed by atoms with van der Waals surface area (Å²) >= 11 is 0. The third kappa shape index (κ3) is 0.824. The molecule has 1 aromatic heterocycles. The largest absolute Gasteiger partial charge is 0.323 e. The topological polar surface area (TPSA) is 46.9 Å². The standard InChI is InChI=1S/C10H9N3O/c1-6-11-7-3-2-4-8-10(7)13(6)5-9(14)12-8/h2-4H,5H2,1H3,(H,12,14). The van der Waals surface area contributed by atoms with Crippen LogP contribution < -0.4 is 5.32 Å². The van der Waals surface area contributed by atoms with E-state index in [9.17, 15) is 4.79 Å². The molecule has 1 aliphatic heterocycles. The molecule has 0 radical (unpaired) electrons. The number of hydrogen-bond donors (Lipinski definition) is 1. The number of amides is 1. The van der Waals surface area contributed by atoms with Gasteiger partial charge in [-0.2, -0.15) is 0 Å². The number of rotatable bonds is 0. The van der Waals surface area contributed by atoms with Crippen LogP contribution in [0.1, 0.15) is 5.82 Å². The van der Waals surface area contributed by atoms with E-state index in [0.717, 1.165) is 22.5 Å². The van der Waals surface area contributed by atoms with Gasteiger partial charge in [0.05, 0.1) is 16.7 Å². The summed E-state index contributed by atoms with van der Waals surface area (Å²) in [6.45, 7) is 2.29. The minimum absolute atomic E-state index is 0.0195. The highest BCUT2D eigenvalue weighted by molar-refractivity contribution is 6.03. The molecule has 2 heterocycles. The second-order valence-corrected chi connectivity index (χ2v) is 3.47. The molecule has 0 saturated heterocycles. The SMILES string of the molecule is Cc1nc2cccc3c2n1CC(=O)N3. The minimum Gasteiger partial charge on any atom is -0.323 e. The number of imidazole rings is 1. The van der Waals surface area contributed by atoms with Crippen LogP contribution in [0.15, 0.2) is 18.2 Å². The Labute approximate surface area is 80.6 Å². The van der Waals surface area contributed by atoms with Gasteiger partial charge in [-0.25, -0.2) is 4.98 Å². The van der Waals surface area contributed by atoms with Gasteiger partial charge in [0.2, 0.25) is 5.91 Å². The number of hydrogen-bond acceptors (Lipinski definition) is 2.